The third-order valence-corrected chi connectivity index (χ3v) is 6.92. The third-order valence-electron chi connectivity index (χ3n) is 5.14. The van der Waals surface area contributed by atoms with Gasteiger partial charge in [0.25, 0.3) is 10.0 Å². The van der Waals surface area contributed by atoms with E-state index in [1.807, 2.05) is 31.2 Å². The summed E-state index contributed by atoms with van der Waals surface area (Å²) < 4.78 is 27.9. The van der Waals surface area contributed by atoms with Crippen LogP contribution in [0.4, 0.5) is 11.5 Å². The van der Waals surface area contributed by atoms with Crippen molar-refractivity contribution in [3.63, 3.8) is 0 Å². The molecule has 0 atom stereocenters. The summed E-state index contributed by atoms with van der Waals surface area (Å²) in [5.41, 5.74) is 4.20. The van der Waals surface area contributed by atoms with E-state index in [1.165, 1.54) is 4.31 Å². The van der Waals surface area contributed by atoms with Crippen LogP contribution in [-0.4, -0.2) is 25.9 Å². The molecule has 6 nitrogen and oxygen atoms in total. The number of fused-ring (bicyclic) bond motifs is 3. The Bertz CT molecular complexity index is 1230. The molecular formula is C20H17N3O3S. The van der Waals surface area contributed by atoms with Gasteiger partial charge in [-0.05, 0) is 60.4 Å². The minimum atomic E-state index is -3.74. The summed E-state index contributed by atoms with van der Waals surface area (Å²) in [5.74, 6) is 0.386. The highest BCUT2D eigenvalue weighted by Crippen LogP contribution is 2.35. The number of pyridine rings is 1. The smallest absolute Gasteiger partial charge is 0.265 e. The minimum absolute atomic E-state index is 0.116. The molecule has 3 heterocycles. The Morgan fingerprint density at radius 3 is 2.78 bits per heavy atom. The molecule has 2 aromatic carbocycles. The van der Waals surface area contributed by atoms with Crippen molar-refractivity contribution in [2.45, 2.75) is 24.7 Å². The van der Waals surface area contributed by atoms with Gasteiger partial charge in [0.15, 0.2) is 0 Å². The highest BCUT2D eigenvalue weighted by molar-refractivity contribution is 7.92. The molecule has 3 aromatic rings. The van der Waals surface area contributed by atoms with Gasteiger partial charge in [0.1, 0.15) is 5.82 Å². The van der Waals surface area contributed by atoms with Crippen LogP contribution in [0.2, 0.25) is 0 Å². The molecule has 0 bridgehead atoms. The van der Waals surface area contributed by atoms with Crippen LogP contribution in [0, 0.1) is 6.92 Å². The zero-order chi connectivity index (χ0) is 18.8. The number of carbonyl (C=O) groups excluding carboxylic acids is 1. The Hall–Kier alpha value is -2.93. The fraction of sp³-hybridized carbons (Fsp3) is 0.200. The molecule has 5 rings (SSSR count). The lowest BCUT2D eigenvalue weighted by Gasteiger charge is -2.19. The van der Waals surface area contributed by atoms with Gasteiger partial charge in [-0.3, -0.25) is 4.79 Å². The number of carbonyl (C=O) groups is 1. The molecule has 0 unspecified atom stereocenters. The van der Waals surface area contributed by atoms with Gasteiger partial charge in [0, 0.05) is 17.6 Å². The minimum Gasteiger partial charge on any atom is -0.326 e. The monoisotopic (exact) mass is 379 g/mol. The second kappa shape index (κ2) is 5.53. The van der Waals surface area contributed by atoms with Crippen LogP contribution in [0.5, 0.6) is 0 Å². The molecule has 27 heavy (non-hydrogen) atoms. The van der Waals surface area contributed by atoms with Gasteiger partial charge in [-0.2, -0.15) is 0 Å². The number of nitrogens with one attached hydrogen (secondary N) is 1. The van der Waals surface area contributed by atoms with Crippen molar-refractivity contribution in [1.82, 2.24) is 4.98 Å². The predicted molar refractivity (Wildman–Crippen MR) is 103 cm³/mol. The van der Waals surface area contributed by atoms with E-state index in [0.29, 0.717) is 30.0 Å². The number of amides is 1. The number of aryl methyl sites for hydroxylation is 1. The summed E-state index contributed by atoms with van der Waals surface area (Å²) >= 11 is 0. The van der Waals surface area contributed by atoms with E-state index in [0.717, 1.165) is 22.0 Å². The lowest BCUT2D eigenvalue weighted by molar-refractivity contribution is -0.115. The van der Waals surface area contributed by atoms with Gasteiger partial charge in [-0.1, -0.05) is 12.1 Å². The average Bonchev–Trinajstić information content (AvgIpc) is 3.21. The lowest BCUT2D eigenvalue weighted by Crippen LogP contribution is -2.29. The maximum atomic E-state index is 13.3. The SMILES string of the molecule is Cc1ccc2cc3c(nc2c1)N(S(=O)(=O)c1ccc2c(c1)CC(=O)N2)CC3. The van der Waals surface area contributed by atoms with Crippen molar-refractivity contribution in [1.29, 1.82) is 0 Å². The number of benzene rings is 2. The van der Waals surface area contributed by atoms with Crippen LogP contribution < -0.4 is 9.62 Å². The molecule has 136 valence electrons. The normalized spacial score (nSPS) is 15.7. The molecule has 0 spiro atoms. The molecule has 1 N–H and O–H groups in total. The van der Waals surface area contributed by atoms with Gasteiger partial charge < -0.3 is 5.32 Å². The highest BCUT2D eigenvalue weighted by atomic mass is 32.2. The second-order valence-corrected chi connectivity index (χ2v) is 8.90. The summed E-state index contributed by atoms with van der Waals surface area (Å²) in [6.07, 6.45) is 0.841. The van der Waals surface area contributed by atoms with E-state index in [4.69, 9.17) is 0 Å². The Morgan fingerprint density at radius 2 is 1.93 bits per heavy atom. The number of aromatic nitrogens is 1. The zero-order valence-corrected chi connectivity index (χ0v) is 15.5. The van der Waals surface area contributed by atoms with E-state index in [1.54, 1.807) is 18.2 Å². The van der Waals surface area contributed by atoms with Crippen molar-refractivity contribution >= 4 is 38.3 Å². The number of hydrogen-bond donors (Lipinski definition) is 1. The fourth-order valence-electron chi connectivity index (χ4n) is 3.77. The third kappa shape index (κ3) is 2.49. The van der Waals surface area contributed by atoms with Gasteiger partial charge >= 0.3 is 0 Å². The first-order chi connectivity index (χ1) is 12.9. The molecule has 0 saturated carbocycles. The van der Waals surface area contributed by atoms with Crippen LogP contribution in [0.25, 0.3) is 10.9 Å². The molecule has 7 heteroatoms. The first kappa shape index (κ1) is 16.3. The zero-order valence-electron chi connectivity index (χ0n) is 14.7. The summed E-state index contributed by atoms with van der Waals surface area (Å²) in [6.45, 7) is 2.36. The number of sulfonamides is 1. The fourth-order valence-corrected chi connectivity index (χ4v) is 5.27. The van der Waals surface area contributed by atoms with Crippen molar-refractivity contribution in [3.05, 3.63) is 59.2 Å². The van der Waals surface area contributed by atoms with Crippen molar-refractivity contribution in [2.24, 2.45) is 0 Å². The van der Waals surface area contributed by atoms with Crippen molar-refractivity contribution in [3.8, 4) is 0 Å². The van der Waals surface area contributed by atoms with Crippen molar-refractivity contribution < 1.29 is 13.2 Å². The lowest BCUT2D eigenvalue weighted by atomic mass is 10.1. The molecule has 2 aliphatic heterocycles. The second-order valence-electron chi connectivity index (χ2n) is 7.04. The summed E-state index contributed by atoms with van der Waals surface area (Å²) in [7, 11) is -3.74. The molecule has 1 aromatic heterocycles. The van der Waals surface area contributed by atoms with Crippen molar-refractivity contribution in [2.75, 3.05) is 16.2 Å². The molecule has 0 saturated heterocycles. The summed E-state index contributed by atoms with van der Waals surface area (Å²) in [6, 6.07) is 12.8. The van der Waals surface area contributed by atoms with Crippen LogP contribution in [0.1, 0.15) is 16.7 Å². The Balaban J connectivity index is 1.60. The molecule has 1 amide bonds. The van der Waals surface area contributed by atoms with E-state index >= 15 is 0 Å². The van der Waals surface area contributed by atoms with Crippen LogP contribution in [0.15, 0.2) is 47.4 Å². The average molecular weight is 379 g/mol. The number of anilines is 2. The topological polar surface area (TPSA) is 79.4 Å². The summed E-state index contributed by atoms with van der Waals surface area (Å²) in [5, 5.41) is 3.74. The van der Waals surface area contributed by atoms with Crippen LogP contribution in [-0.2, 0) is 27.7 Å². The van der Waals surface area contributed by atoms with Gasteiger partial charge in [0.2, 0.25) is 5.91 Å². The van der Waals surface area contributed by atoms with E-state index < -0.39 is 10.0 Å². The molecule has 2 aliphatic rings. The van der Waals surface area contributed by atoms with Gasteiger partial charge in [0.05, 0.1) is 16.8 Å². The molecule has 0 aliphatic carbocycles. The maximum absolute atomic E-state index is 13.3. The Morgan fingerprint density at radius 1 is 1.07 bits per heavy atom. The van der Waals surface area contributed by atoms with Crippen LogP contribution in [0.3, 0.4) is 0 Å². The number of hydrogen-bond acceptors (Lipinski definition) is 4. The predicted octanol–water partition coefficient (Wildman–Crippen LogP) is 2.79. The molecule has 0 fully saturated rings. The Kier molecular flexibility index (Phi) is 3.33. The first-order valence-corrected chi connectivity index (χ1v) is 10.2. The standard InChI is InChI=1S/C20H17N3O3S/c1-12-2-3-13-9-14-6-7-23(20(14)22-18(13)8-12)27(25,26)16-4-5-17-15(10-16)11-19(24)21-17/h2-5,8-10H,6-7,11H2,1H3,(H,21,24). The molecule has 0 radical (unpaired) electrons. The number of rotatable bonds is 2. The molecular weight excluding hydrogens is 362 g/mol. The van der Waals surface area contributed by atoms with Crippen LogP contribution >= 0.6 is 0 Å². The highest BCUT2D eigenvalue weighted by Gasteiger charge is 2.33. The quantitative estimate of drug-likeness (QED) is 0.743. The van der Waals surface area contributed by atoms with E-state index in [-0.39, 0.29) is 17.2 Å². The number of nitrogens with zero attached hydrogens (tertiary/aromatic N) is 2. The first-order valence-electron chi connectivity index (χ1n) is 8.78. The van der Waals surface area contributed by atoms with Gasteiger partial charge in [-0.25, -0.2) is 17.7 Å². The summed E-state index contributed by atoms with van der Waals surface area (Å²) in [4.78, 5) is 16.4. The van der Waals surface area contributed by atoms with Gasteiger partial charge in [-0.15, -0.1) is 0 Å². The maximum Gasteiger partial charge on any atom is 0.265 e. The largest absolute Gasteiger partial charge is 0.326 e. The van der Waals surface area contributed by atoms with E-state index in [9.17, 15) is 13.2 Å². The van der Waals surface area contributed by atoms with E-state index in [2.05, 4.69) is 10.3 Å². The Labute approximate surface area is 156 Å².